The normalized spacial score (nSPS) is 9.73. The van der Waals surface area contributed by atoms with Crippen molar-refractivity contribution in [3.8, 4) is 0 Å². The lowest BCUT2D eigenvalue weighted by molar-refractivity contribution is -0.141. The van der Waals surface area contributed by atoms with Crippen molar-refractivity contribution in [2.24, 2.45) is 0 Å². The third kappa shape index (κ3) is 5.01. The molecule has 1 aromatic carbocycles. The molecule has 1 aromatic rings. The molecular formula is C11H14INO2. The molecule has 0 saturated heterocycles. The third-order valence-electron chi connectivity index (χ3n) is 1.75. The first-order valence-corrected chi connectivity index (χ1v) is 5.95. The zero-order valence-electron chi connectivity index (χ0n) is 8.63. The summed E-state index contributed by atoms with van der Waals surface area (Å²) in [5.74, 6) is -0.213. The summed E-state index contributed by atoms with van der Waals surface area (Å²) in [4.78, 5) is 11.2. The molecule has 0 aliphatic carbocycles. The average Bonchev–Trinajstić information content (AvgIpc) is 2.25. The topological polar surface area (TPSA) is 38.3 Å². The van der Waals surface area contributed by atoms with Gasteiger partial charge in [-0.2, -0.15) is 0 Å². The van der Waals surface area contributed by atoms with Crippen LogP contribution in [0.3, 0.4) is 0 Å². The molecular weight excluding hydrogens is 305 g/mol. The van der Waals surface area contributed by atoms with Crippen molar-refractivity contribution in [3.63, 3.8) is 0 Å². The Morgan fingerprint density at radius 1 is 1.40 bits per heavy atom. The molecule has 0 aliphatic rings. The van der Waals surface area contributed by atoms with E-state index < -0.39 is 0 Å². The first-order chi connectivity index (χ1) is 7.22. The number of ether oxygens (including phenoxy) is 1. The van der Waals surface area contributed by atoms with Gasteiger partial charge in [-0.3, -0.25) is 4.79 Å². The van der Waals surface area contributed by atoms with Gasteiger partial charge in [0.1, 0.15) is 6.54 Å². The molecule has 0 amide bonds. The molecule has 1 N–H and O–H groups in total. The number of benzene rings is 1. The van der Waals surface area contributed by atoms with Gasteiger partial charge in [-0.1, -0.05) is 6.92 Å². The molecule has 0 aliphatic heterocycles. The maximum Gasteiger partial charge on any atom is 0.325 e. The third-order valence-corrected chi connectivity index (χ3v) is 2.47. The highest BCUT2D eigenvalue weighted by atomic mass is 127. The Bertz CT molecular complexity index is 311. The Kier molecular flexibility index (Phi) is 5.45. The lowest BCUT2D eigenvalue weighted by Crippen LogP contribution is -2.17. The molecule has 0 bridgehead atoms. The van der Waals surface area contributed by atoms with E-state index in [-0.39, 0.29) is 12.5 Å². The van der Waals surface area contributed by atoms with Crippen LogP contribution < -0.4 is 5.32 Å². The van der Waals surface area contributed by atoms with Gasteiger partial charge in [-0.05, 0) is 53.3 Å². The van der Waals surface area contributed by atoms with Gasteiger partial charge >= 0.3 is 5.97 Å². The highest BCUT2D eigenvalue weighted by Crippen LogP contribution is 2.10. The van der Waals surface area contributed by atoms with E-state index in [1.807, 2.05) is 31.2 Å². The fourth-order valence-corrected chi connectivity index (χ4v) is 1.37. The summed E-state index contributed by atoms with van der Waals surface area (Å²) in [6, 6.07) is 7.85. The highest BCUT2D eigenvalue weighted by Gasteiger charge is 2.01. The van der Waals surface area contributed by atoms with E-state index in [1.165, 1.54) is 3.57 Å². The van der Waals surface area contributed by atoms with Crippen molar-refractivity contribution in [3.05, 3.63) is 27.8 Å². The van der Waals surface area contributed by atoms with Crippen molar-refractivity contribution in [2.45, 2.75) is 13.3 Å². The first kappa shape index (κ1) is 12.3. The second-order valence-corrected chi connectivity index (χ2v) is 4.33. The number of hydrogen-bond donors (Lipinski definition) is 1. The zero-order chi connectivity index (χ0) is 11.1. The monoisotopic (exact) mass is 319 g/mol. The number of halogens is 1. The summed E-state index contributed by atoms with van der Waals surface area (Å²) in [6.07, 6.45) is 0.856. The van der Waals surface area contributed by atoms with Crippen molar-refractivity contribution in [1.82, 2.24) is 0 Å². The van der Waals surface area contributed by atoms with E-state index >= 15 is 0 Å². The number of anilines is 1. The smallest absolute Gasteiger partial charge is 0.325 e. The van der Waals surface area contributed by atoms with Crippen molar-refractivity contribution in [1.29, 1.82) is 0 Å². The van der Waals surface area contributed by atoms with Gasteiger partial charge in [-0.15, -0.1) is 0 Å². The Balaban J connectivity index is 2.30. The molecule has 3 nitrogen and oxygen atoms in total. The van der Waals surface area contributed by atoms with Crippen LogP contribution in [0.1, 0.15) is 13.3 Å². The van der Waals surface area contributed by atoms with Crippen LogP contribution in [0.5, 0.6) is 0 Å². The lowest BCUT2D eigenvalue weighted by Gasteiger charge is -2.06. The number of carbonyl (C=O) groups is 1. The predicted molar refractivity (Wildman–Crippen MR) is 68.9 cm³/mol. The van der Waals surface area contributed by atoms with Crippen LogP contribution in [0.4, 0.5) is 5.69 Å². The summed E-state index contributed by atoms with van der Waals surface area (Å²) in [5.41, 5.74) is 0.934. The van der Waals surface area contributed by atoms with Gasteiger partial charge < -0.3 is 10.1 Å². The van der Waals surface area contributed by atoms with Gasteiger partial charge in [0.25, 0.3) is 0 Å². The molecule has 15 heavy (non-hydrogen) atoms. The number of rotatable bonds is 5. The Morgan fingerprint density at radius 3 is 2.67 bits per heavy atom. The molecule has 0 atom stereocenters. The molecule has 0 radical (unpaired) electrons. The van der Waals surface area contributed by atoms with Crippen LogP contribution >= 0.6 is 22.6 Å². The van der Waals surface area contributed by atoms with E-state index in [2.05, 4.69) is 27.9 Å². The Hall–Kier alpha value is -0.780. The fourth-order valence-electron chi connectivity index (χ4n) is 1.01. The maximum absolute atomic E-state index is 11.2. The Morgan fingerprint density at radius 2 is 2.07 bits per heavy atom. The summed E-state index contributed by atoms with van der Waals surface area (Å²) >= 11 is 2.24. The van der Waals surface area contributed by atoms with E-state index in [1.54, 1.807) is 0 Å². The predicted octanol–water partition coefficient (Wildman–Crippen LogP) is 2.66. The van der Waals surface area contributed by atoms with Crippen molar-refractivity contribution >= 4 is 34.2 Å². The lowest BCUT2D eigenvalue weighted by atomic mass is 10.3. The van der Waals surface area contributed by atoms with Gasteiger partial charge in [0.15, 0.2) is 0 Å². The van der Waals surface area contributed by atoms with Gasteiger partial charge in [0, 0.05) is 9.26 Å². The number of hydrogen-bond acceptors (Lipinski definition) is 3. The second kappa shape index (κ2) is 6.66. The number of esters is 1. The fraction of sp³-hybridized carbons (Fsp3) is 0.364. The van der Waals surface area contributed by atoms with E-state index in [4.69, 9.17) is 4.74 Å². The van der Waals surface area contributed by atoms with Crippen LogP contribution in [0, 0.1) is 3.57 Å². The second-order valence-electron chi connectivity index (χ2n) is 3.08. The van der Waals surface area contributed by atoms with Crippen molar-refractivity contribution in [2.75, 3.05) is 18.5 Å². The van der Waals surface area contributed by atoms with Crippen LogP contribution in [-0.2, 0) is 9.53 Å². The summed E-state index contributed by atoms with van der Waals surface area (Å²) in [5, 5.41) is 3.00. The highest BCUT2D eigenvalue weighted by molar-refractivity contribution is 14.1. The number of carbonyl (C=O) groups excluding carboxylic acids is 1. The minimum Gasteiger partial charge on any atom is -0.464 e. The standard InChI is InChI=1S/C11H14INO2/c1-2-7-15-11(14)8-13-10-5-3-9(12)4-6-10/h3-6,13H,2,7-8H2,1H3. The van der Waals surface area contributed by atoms with Gasteiger partial charge in [0.2, 0.25) is 0 Å². The van der Waals surface area contributed by atoms with Crippen molar-refractivity contribution < 1.29 is 9.53 Å². The van der Waals surface area contributed by atoms with E-state index in [9.17, 15) is 4.79 Å². The molecule has 0 unspecified atom stereocenters. The molecule has 82 valence electrons. The molecule has 0 fully saturated rings. The largest absolute Gasteiger partial charge is 0.464 e. The maximum atomic E-state index is 11.2. The molecule has 0 aromatic heterocycles. The van der Waals surface area contributed by atoms with Crippen LogP contribution in [0.25, 0.3) is 0 Å². The summed E-state index contributed by atoms with van der Waals surface area (Å²) in [7, 11) is 0. The van der Waals surface area contributed by atoms with E-state index in [0.29, 0.717) is 6.61 Å². The van der Waals surface area contributed by atoms with Crippen LogP contribution in [0.2, 0.25) is 0 Å². The average molecular weight is 319 g/mol. The van der Waals surface area contributed by atoms with E-state index in [0.717, 1.165) is 12.1 Å². The van der Waals surface area contributed by atoms with Gasteiger partial charge in [0.05, 0.1) is 6.61 Å². The van der Waals surface area contributed by atoms with Gasteiger partial charge in [-0.25, -0.2) is 0 Å². The molecule has 0 heterocycles. The summed E-state index contributed by atoms with van der Waals surface area (Å²) in [6.45, 7) is 2.69. The SMILES string of the molecule is CCCOC(=O)CNc1ccc(I)cc1. The van der Waals surface area contributed by atoms with Crippen LogP contribution in [0.15, 0.2) is 24.3 Å². The number of nitrogens with one attached hydrogen (secondary N) is 1. The first-order valence-electron chi connectivity index (χ1n) is 4.87. The molecule has 0 saturated carbocycles. The summed E-state index contributed by atoms with van der Waals surface area (Å²) < 4.78 is 6.11. The van der Waals surface area contributed by atoms with Crippen LogP contribution in [-0.4, -0.2) is 19.1 Å². The molecule has 0 spiro atoms. The Labute approximate surface area is 103 Å². The zero-order valence-corrected chi connectivity index (χ0v) is 10.8. The minimum atomic E-state index is -0.213. The minimum absolute atomic E-state index is 0.213. The molecule has 1 rings (SSSR count). The molecule has 4 heteroatoms. The quantitative estimate of drug-likeness (QED) is 0.670.